The van der Waals surface area contributed by atoms with Crippen molar-refractivity contribution in [2.24, 2.45) is 23.5 Å². The lowest BCUT2D eigenvalue weighted by atomic mass is 9.80. The van der Waals surface area contributed by atoms with E-state index in [0.29, 0.717) is 24.8 Å². The monoisotopic (exact) mass is 254 g/mol. The largest absolute Gasteiger partial charge is 0.349 e. The van der Waals surface area contributed by atoms with E-state index in [9.17, 15) is 4.79 Å². The number of nitrogens with two attached hydrogens (primary N) is 1. The van der Waals surface area contributed by atoms with E-state index in [1.54, 1.807) is 0 Å². The minimum Gasteiger partial charge on any atom is -0.349 e. The lowest BCUT2D eigenvalue weighted by molar-refractivity contribution is -0.124. The van der Waals surface area contributed by atoms with Gasteiger partial charge in [0.25, 0.3) is 0 Å². The number of carbonyl (C=O) groups excluding carboxylic acids is 1. The van der Waals surface area contributed by atoms with Crippen molar-refractivity contribution in [1.82, 2.24) is 5.32 Å². The van der Waals surface area contributed by atoms with Gasteiger partial charge in [0.05, 0.1) is 5.54 Å². The van der Waals surface area contributed by atoms with Crippen molar-refractivity contribution < 1.29 is 4.79 Å². The first-order valence-corrected chi connectivity index (χ1v) is 7.38. The highest BCUT2D eigenvalue weighted by molar-refractivity contribution is 5.77. The zero-order chi connectivity index (χ0) is 13.8. The van der Waals surface area contributed by atoms with Crippen molar-refractivity contribution >= 4 is 5.91 Å². The molecule has 1 saturated carbocycles. The summed E-state index contributed by atoms with van der Waals surface area (Å²) in [7, 11) is 0. The van der Waals surface area contributed by atoms with Gasteiger partial charge >= 0.3 is 0 Å². The van der Waals surface area contributed by atoms with Crippen molar-refractivity contribution in [3.8, 4) is 0 Å². The molecule has 3 N–H and O–H groups in total. The Morgan fingerprint density at radius 3 is 2.61 bits per heavy atom. The van der Waals surface area contributed by atoms with Gasteiger partial charge < -0.3 is 11.1 Å². The summed E-state index contributed by atoms with van der Waals surface area (Å²) < 4.78 is 0. The lowest BCUT2D eigenvalue weighted by Gasteiger charge is -2.34. The standard InChI is InChI=1S/C15H30N2O/c1-11(2)15(4,10-16)17-14(18)9-13-7-5-6-12(3)8-13/h11-13H,5-10,16H2,1-4H3,(H,17,18). The maximum absolute atomic E-state index is 12.1. The average Bonchev–Trinajstić information content (AvgIpc) is 2.28. The molecule has 1 amide bonds. The molecule has 3 heteroatoms. The van der Waals surface area contributed by atoms with E-state index >= 15 is 0 Å². The fourth-order valence-corrected chi connectivity index (χ4v) is 2.81. The topological polar surface area (TPSA) is 55.1 Å². The van der Waals surface area contributed by atoms with Gasteiger partial charge in [0.2, 0.25) is 5.91 Å². The highest BCUT2D eigenvalue weighted by Gasteiger charge is 2.30. The maximum Gasteiger partial charge on any atom is 0.220 e. The van der Waals surface area contributed by atoms with Gasteiger partial charge in [-0.05, 0) is 37.5 Å². The van der Waals surface area contributed by atoms with Gasteiger partial charge in [0.15, 0.2) is 0 Å². The number of hydrogen-bond acceptors (Lipinski definition) is 2. The molecule has 0 aromatic heterocycles. The number of rotatable bonds is 5. The molecule has 1 aliphatic rings. The van der Waals surface area contributed by atoms with Crippen LogP contribution in [0, 0.1) is 17.8 Å². The second kappa shape index (κ2) is 6.55. The van der Waals surface area contributed by atoms with Crippen LogP contribution in [0.15, 0.2) is 0 Å². The van der Waals surface area contributed by atoms with Crippen LogP contribution in [0.5, 0.6) is 0 Å². The minimum atomic E-state index is -0.267. The third-order valence-electron chi connectivity index (χ3n) is 4.64. The molecular weight excluding hydrogens is 224 g/mol. The molecule has 1 aliphatic carbocycles. The molecule has 3 atom stereocenters. The molecule has 0 aliphatic heterocycles. The predicted molar refractivity (Wildman–Crippen MR) is 76.2 cm³/mol. The smallest absolute Gasteiger partial charge is 0.220 e. The molecular formula is C15H30N2O. The summed E-state index contributed by atoms with van der Waals surface area (Å²) in [6, 6.07) is 0. The zero-order valence-electron chi connectivity index (χ0n) is 12.5. The van der Waals surface area contributed by atoms with Crippen molar-refractivity contribution in [2.45, 2.75) is 65.3 Å². The van der Waals surface area contributed by atoms with E-state index < -0.39 is 0 Å². The van der Waals surface area contributed by atoms with Crippen LogP contribution in [-0.2, 0) is 4.79 Å². The first-order valence-electron chi connectivity index (χ1n) is 7.38. The molecule has 1 fully saturated rings. The van der Waals surface area contributed by atoms with E-state index in [1.165, 1.54) is 25.7 Å². The first-order chi connectivity index (χ1) is 8.37. The second-order valence-corrected chi connectivity index (χ2v) is 6.67. The minimum absolute atomic E-state index is 0.177. The fraction of sp³-hybridized carbons (Fsp3) is 0.933. The van der Waals surface area contributed by atoms with E-state index in [1.807, 2.05) is 6.92 Å². The molecule has 3 nitrogen and oxygen atoms in total. The van der Waals surface area contributed by atoms with E-state index in [0.717, 1.165) is 5.92 Å². The van der Waals surface area contributed by atoms with Crippen LogP contribution in [0.1, 0.15) is 59.8 Å². The summed E-state index contributed by atoms with van der Waals surface area (Å²) in [6.45, 7) is 9.05. The highest BCUT2D eigenvalue weighted by Crippen LogP contribution is 2.30. The van der Waals surface area contributed by atoms with Crippen LogP contribution in [0.25, 0.3) is 0 Å². The maximum atomic E-state index is 12.1. The quantitative estimate of drug-likeness (QED) is 0.792. The van der Waals surface area contributed by atoms with Gasteiger partial charge in [-0.1, -0.05) is 33.6 Å². The summed E-state index contributed by atoms with van der Waals surface area (Å²) in [5.74, 6) is 1.89. The summed E-state index contributed by atoms with van der Waals surface area (Å²) >= 11 is 0. The van der Waals surface area contributed by atoms with Crippen LogP contribution in [0.3, 0.4) is 0 Å². The number of amides is 1. The number of nitrogens with one attached hydrogen (secondary N) is 1. The number of carbonyl (C=O) groups is 1. The van der Waals surface area contributed by atoms with Gasteiger partial charge in [-0.2, -0.15) is 0 Å². The van der Waals surface area contributed by atoms with Crippen LogP contribution in [0.2, 0.25) is 0 Å². The molecule has 0 bridgehead atoms. The van der Waals surface area contributed by atoms with Crippen LogP contribution in [-0.4, -0.2) is 18.0 Å². The number of hydrogen-bond donors (Lipinski definition) is 2. The fourth-order valence-electron chi connectivity index (χ4n) is 2.81. The summed E-state index contributed by atoms with van der Waals surface area (Å²) in [4.78, 5) is 12.1. The summed E-state index contributed by atoms with van der Waals surface area (Å²) in [6.07, 6.45) is 5.68. The Hall–Kier alpha value is -0.570. The molecule has 1 rings (SSSR count). The van der Waals surface area contributed by atoms with Gasteiger partial charge in [0, 0.05) is 13.0 Å². The molecule has 18 heavy (non-hydrogen) atoms. The van der Waals surface area contributed by atoms with Crippen LogP contribution >= 0.6 is 0 Å². The Bertz CT molecular complexity index is 278. The Kier molecular flexibility index (Phi) is 5.64. The molecule has 0 heterocycles. The third kappa shape index (κ3) is 4.27. The summed E-state index contributed by atoms with van der Waals surface area (Å²) in [5.41, 5.74) is 5.53. The lowest BCUT2D eigenvalue weighted by Crippen LogP contribution is -2.55. The van der Waals surface area contributed by atoms with Crippen LogP contribution < -0.4 is 11.1 Å². The Morgan fingerprint density at radius 1 is 1.44 bits per heavy atom. The first kappa shape index (κ1) is 15.5. The average molecular weight is 254 g/mol. The highest BCUT2D eigenvalue weighted by atomic mass is 16.1. The van der Waals surface area contributed by atoms with Crippen molar-refractivity contribution in [1.29, 1.82) is 0 Å². The van der Waals surface area contributed by atoms with Crippen molar-refractivity contribution in [3.05, 3.63) is 0 Å². The SMILES string of the molecule is CC1CCCC(CC(=O)NC(C)(CN)C(C)C)C1. The zero-order valence-corrected chi connectivity index (χ0v) is 12.5. The molecule has 3 unspecified atom stereocenters. The molecule has 0 saturated heterocycles. The van der Waals surface area contributed by atoms with Crippen molar-refractivity contribution in [3.63, 3.8) is 0 Å². The van der Waals surface area contributed by atoms with E-state index in [2.05, 4.69) is 26.1 Å². The molecule has 0 spiro atoms. The van der Waals surface area contributed by atoms with Gasteiger partial charge in [-0.25, -0.2) is 0 Å². The summed E-state index contributed by atoms with van der Waals surface area (Å²) in [5, 5.41) is 3.14. The second-order valence-electron chi connectivity index (χ2n) is 6.67. The Labute approximate surface area is 112 Å². The van der Waals surface area contributed by atoms with E-state index in [4.69, 9.17) is 5.73 Å². The Morgan fingerprint density at radius 2 is 2.11 bits per heavy atom. The van der Waals surface area contributed by atoms with E-state index in [-0.39, 0.29) is 11.4 Å². The van der Waals surface area contributed by atoms with Gasteiger partial charge in [-0.15, -0.1) is 0 Å². The van der Waals surface area contributed by atoms with Gasteiger partial charge in [0.1, 0.15) is 0 Å². The predicted octanol–water partition coefficient (Wildman–Crippen LogP) is 2.69. The van der Waals surface area contributed by atoms with Crippen LogP contribution in [0.4, 0.5) is 0 Å². The molecule has 0 aromatic rings. The van der Waals surface area contributed by atoms with Gasteiger partial charge in [-0.3, -0.25) is 4.79 Å². The third-order valence-corrected chi connectivity index (χ3v) is 4.64. The Balaban J connectivity index is 2.45. The molecule has 106 valence electrons. The van der Waals surface area contributed by atoms with Crippen molar-refractivity contribution in [2.75, 3.05) is 6.54 Å². The molecule has 0 aromatic carbocycles. The molecule has 0 radical (unpaired) electrons. The normalized spacial score (nSPS) is 27.9.